The van der Waals surface area contributed by atoms with Crippen LogP contribution in [0.15, 0.2) is 6.20 Å². The highest BCUT2D eigenvalue weighted by Gasteiger charge is 2.40. The first-order chi connectivity index (χ1) is 6.83. The fourth-order valence-corrected chi connectivity index (χ4v) is 2.96. The van der Waals surface area contributed by atoms with Gasteiger partial charge in [-0.2, -0.15) is 0 Å². The van der Waals surface area contributed by atoms with Crippen molar-refractivity contribution in [2.24, 2.45) is 5.92 Å². The second kappa shape index (κ2) is 3.47. The fraction of sp³-hybridized carbons (Fsp3) is 0.700. The molecule has 2 aliphatic carbocycles. The fourth-order valence-electron chi connectivity index (χ4n) is 1.82. The first-order valence-corrected chi connectivity index (χ1v) is 6.37. The van der Waals surface area contributed by atoms with Gasteiger partial charge < -0.3 is 5.32 Å². The van der Waals surface area contributed by atoms with Crippen molar-refractivity contribution in [2.45, 2.75) is 31.2 Å². The van der Waals surface area contributed by atoms with Crippen LogP contribution in [0.5, 0.6) is 0 Å². The minimum Gasteiger partial charge on any atom is -0.314 e. The predicted molar refractivity (Wildman–Crippen MR) is 59.0 cm³/mol. The summed E-state index contributed by atoms with van der Waals surface area (Å²) in [6, 6.07) is 0.830. The molecule has 0 radical (unpaired) electrons. The molecule has 3 rings (SSSR count). The van der Waals surface area contributed by atoms with E-state index in [1.807, 2.05) is 0 Å². The molecule has 2 unspecified atom stereocenters. The number of thiazole rings is 1. The van der Waals surface area contributed by atoms with Crippen LogP contribution in [0, 0.1) is 5.92 Å². The molecule has 0 aliphatic heterocycles. The number of rotatable bonds is 4. The summed E-state index contributed by atoms with van der Waals surface area (Å²) in [6.45, 7) is 1.17. The summed E-state index contributed by atoms with van der Waals surface area (Å²) >= 11 is 7.50. The van der Waals surface area contributed by atoms with Crippen LogP contribution in [0.25, 0.3) is 0 Å². The van der Waals surface area contributed by atoms with E-state index in [1.165, 1.54) is 30.8 Å². The average Bonchev–Trinajstić information content (AvgIpc) is 3.06. The summed E-state index contributed by atoms with van der Waals surface area (Å²) in [6.07, 6.45) is 5.82. The van der Waals surface area contributed by atoms with Crippen LogP contribution in [-0.2, 0) is 0 Å². The Kier molecular flexibility index (Phi) is 2.26. The Balaban J connectivity index is 1.51. The van der Waals surface area contributed by atoms with Crippen molar-refractivity contribution in [3.05, 3.63) is 15.5 Å². The van der Waals surface area contributed by atoms with Crippen molar-refractivity contribution in [3.63, 3.8) is 0 Å². The topological polar surface area (TPSA) is 24.9 Å². The van der Waals surface area contributed by atoms with E-state index < -0.39 is 0 Å². The zero-order chi connectivity index (χ0) is 9.54. The SMILES string of the molecule is Clc1cnc(C2CC2CNC2CC2)s1. The summed E-state index contributed by atoms with van der Waals surface area (Å²) < 4.78 is 0.820. The Morgan fingerprint density at radius 1 is 1.57 bits per heavy atom. The highest BCUT2D eigenvalue weighted by molar-refractivity contribution is 7.15. The van der Waals surface area contributed by atoms with Gasteiger partial charge in [0.05, 0.1) is 11.2 Å². The molecule has 2 nitrogen and oxygen atoms in total. The molecule has 0 bridgehead atoms. The monoisotopic (exact) mass is 228 g/mol. The van der Waals surface area contributed by atoms with Crippen molar-refractivity contribution in [1.82, 2.24) is 10.3 Å². The van der Waals surface area contributed by atoms with Gasteiger partial charge in [-0.25, -0.2) is 4.98 Å². The highest BCUT2D eigenvalue weighted by Crippen LogP contribution is 2.48. The van der Waals surface area contributed by atoms with Crippen molar-refractivity contribution < 1.29 is 0 Å². The lowest BCUT2D eigenvalue weighted by Crippen LogP contribution is -2.19. The molecule has 1 aromatic heterocycles. The van der Waals surface area contributed by atoms with E-state index >= 15 is 0 Å². The smallest absolute Gasteiger partial charge is 0.113 e. The maximum absolute atomic E-state index is 5.86. The van der Waals surface area contributed by atoms with Crippen LogP contribution in [0.1, 0.15) is 30.2 Å². The first kappa shape index (κ1) is 9.13. The number of aromatic nitrogens is 1. The maximum Gasteiger partial charge on any atom is 0.113 e. The van der Waals surface area contributed by atoms with Gasteiger partial charge in [0.15, 0.2) is 0 Å². The van der Waals surface area contributed by atoms with Crippen molar-refractivity contribution in [1.29, 1.82) is 0 Å². The Morgan fingerprint density at radius 2 is 2.43 bits per heavy atom. The van der Waals surface area contributed by atoms with E-state index in [-0.39, 0.29) is 0 Å². The molecule has 4 heteroatoms. The maximum atomic E-state index is 5.86. The largest absolute Gasteiger partial charge is 0.314 e. The van der Waals surface area contributed by atoms with Gasteiger partial charge in [-0.05, 0) is 31.7 Å². The molecule has 2 aliphatic rings. The highest BCUT2D eigenvalue weighted by atomic mass is 35.5. The van der Waals surface area contributed by atoms with Gasteiger partial charge in [-0.15, -0.1) is 11.3 Å². The lowest BCUT2D eigenvalue weighted by atomic mass is 10.3. The molecule has 0 aromatic carbocycles. The van der Waals surface area contributed by atoms with Crippen LogP contribution in [0.4, 0.5) is 0 Å². The normalized spacial score (nSPS) is 30.6. The summed E-state index contributed by atoms with van der Waals surface area (Å²) in [5.41, 5.74) is 0. The van der Waals surface area contributed by atoms with Gasteiger partial charge in [0, 0.05) is 12.0 Å². The second-order valence-corrected chi connectivity index (χ2v) is 5.98. The van der Waals surface area contributed by atoms with Gasteiger partial charge in [0.1, 0.15) is 4.34 Å². The van der Waals surface area contributed by atoms with Crippen molar-refractivity contribution in [2.75, 3.05) is 6.54 Å². The van der Waals surface area contributed by atoms with Crippen LogP contribution in [0.2, 0.25) is 4.34 Å². The summed E-state index contributed by atoms with van der Waals surface area (Å²) in [4.78, 5) is 4.33. The van der Waals surface area contributed by atoms with Crippen LogP contribution >= 0.6 is 22.9 Å². The molecule has 2 fully saturated rings. The number of hydrogen-bond donors (Lipinski definition) is 1. The van der Waals surface area contributed by atoms with E-state index in [2.05, 4.69) is 10.3 Å². The minimum atomic E-state index is 0.693. The molecule has 2 saturated carbocycles. The quantitative estimate of drug-likeness (QED) is 0.857. The van der Waals surface area contributed by atoms with Crippen LogP contribution in [-0.4, -0.2) is 17.6 Å². The molecule has 1 N–H and O–H groups in total. The Hall–Kier alpha value is -0.120. The number of halogens is 1. The standard InChI is InChI=1S/C10H13ClN2S/c11-9-5-13-10(14-9)8-3-6(8)4-12-7-1-2-7/h5-8,12H,1-4H2. The third kappa shape index (κ3) is 1.95. The van der Waals surface area contributed by atoms with E-state index in [0.717, 1.165) is 16.3 Å². The van der Waals surface area contributed by atoms with Gasteiger partial charge >= 0.3 is 0 Å². The molecule has 1 heterocycles. The zero-order valence-electron chi connectivity index (χ0n) is 7.87. The zero-order valence-corrected chi connectivity index (χ0v) is 9.44. The lowest BCUT2D eigenvalue weighted by Gasteiger charge is -1.99. The molecular formula is C10H13ClN2S. The molecule has 2 atom stereocenters. The molecule has 0 amide bonds. The van der Waals surface area contributed by atoms with Crippen molar-refractivity contribution >= 4 is 22.9 Å². The van der Waals surface area contributed by atoms with Gasteiger partial charge in [-0.1, -0.05) is 11.6 Å². The van der Waals surface area contributed by atoms with Gasteiger partial charge in [0.2, 0.25) is 0 Å². The Morgan fingerprint density at radius 3 is 3.07 bits per heavy atom. The van der Waals surface area contributed by atoms with Gasteiger partial charge in [-0.3, -0.25) is 0 Å². The number of nitrogens with zero attached hydrogens (tertiary/aromatic N) is 1. The van der Waals surface area contributed by atoms with E-state index in [9.17, 15) is 0 Å². The van der Waals surface area contributed by atoms with Crippen molar-refractivity contribution in [3.8, 4) is 0 Å². The lowest BCUT2D eigenvalue weighted by molar-refractivity contribution is 0.623. The second-order valence-electron chi connectivity index (χ2n) is 4.29. The molecule has 0 saturated heterocycles. The predicted octanol–water partition coefficient (Wildman–Crippen LogP) is 2.65. The Labute approximate surface area is 92.7 Å². The number of nitrogens with one attached hydrogen (secondary N) is 1. The van der Waals surface area contributed by atoms with Gasteiger partial charge in [0.25, 0.3) is 0 Å². The summed E-state index contributed by atoms with van der Waals surface area (Å²) in [5, 5.41) is 4.80. The van der Waals surface area contributed by atoms with Crippen LogP contribution in [0.3, 0.4) is 0 Å². The molecule has 76 valence electrons. The number of hydrogen-bond acceptors (Lipinski definition) is 3. The average molecular weight is 229 g/mol. The molecule has 0 spiro atoms. The van der Waals surface area contributed by atoms with Crippen LogP contribution < -0.4 is 5.32 Å². The summed E-state index contributed by atoms with van der Waals surface area (Å²) in [7, 11) is 0. The third-order valence-electron chi connectivity index (χ3n) is 2.98. The minimum absolute atomic E-state index is 0.693. The Bertz CT molecular complexity index is 335. The summed E-state index contributed by atoms with van der Waals surface area (Å²) in [5.74, 6) is 1.51. The molecular weight excluding hydrogens is 216 g/mol. The van der Waals surface area contributed by atoms with E-state index in [1.54, 1.807) is 17.5 Å². The van der Waals surface area contributed by atoms with E-state index in [0.29, 0.717) is 5.92 Å². The molecule has 1 aromatic rings. The van der Waals surface area contributed by atoms with E-state index in [4.69, 9.17) is 11.6 Å². The first-order valence-electron chi connectivity index (χ1n) is 5.17. The molecule has 14 heavy (non-hydrogen) atoms. The third-order valence-corrected chi connectivity index (χ3v) is 4.23.